The van der Waals surface area contributed by atoms with Gasteiger partial charge in [-0.05, 0) is 55.4 Å². The Morgan fingerprint density at radius 1 is 1.29 bits per heavy atom. The van der Waals surface area contributed by atoms with Crippen LogP contribution in [0.1, 0.15) is 72.5 Å². The average Bonchev–Trinajstić information content (AvgIpc) is 3.28. The standard InChI is InChI=1S/C28H28FN3O6/c1-4-21(33)25(34)31-18-7-6-13-12(3)17(29)9-19-22(13)23(18)14-10-32-20(24(14)30-19)8-16-15(26(32)35)11-38-27(36)28(16,37)5-2/h8-9,18,21,33,37H,4-7,10-11H2,1-3H3,(H,31,34)/t18-,21-,28-/m0/s1. The molecule has 3 atom stereocenters. The van der Waals surface area contributed by atoms with Gasteiger partial charge in [-0.2, -0.15) is 0 Å². The predicted octanol–water partition coefficient (Wildman–Crippen LogP) is 2.40. The van der Waals surface area contributed by atoms with E-state index in [0.29, 0.717) is 40.9 Å². The number of esters is 1. The van der Waals surface area contributed by atoms with Gasteiger partial charge in [-0.15, -0.1) is 0 Å². The molecule has 3 aliphatic rings. The normalized spacial score (nSPS) is 21.9. The lowest BCUT2D eigenvalue weighted by Crippen LogP contribution is -2.44. The number of ether oxygens (including phenoxy) is 1. The van der Waals surface area contributed by atoms with Gasteiger partial charge in [0.2, 0.25) is 5.91 Å². The molecule has 3 aromatic rings. The second kappa shape index (κ2) is 8.44. The zero-order valence-corrected chi connectivity index (χ0v) is 21.4. The van der Waals surface area contributed by atoms with Crippen molar-refractivity contribution in [3.8, 4) is 11.4 Å². The summed E-state index contributed by atoms with van der Waals surface area (Å²) in [6.07, 6.45) is 0.131. The van der Waals surface area contributed by atoms with Gasteiger partial charge in [0.25, 0.3) is 5.56 Å². The first-order valence-corrected chi connectivity index (χ1v) is 12.9. The number of benzene rings is 1. The average molecular weight is 522 g/mol. The number of carbonyl (C=O) groups excluding carboxylic acids is 2. The van der Waals surface area contributed by atoms with Gasteiger partial charge in [-0.3, -0.25) is 9.59 Å². The number of aliphatic hydroxyl groups excluding tert-OH is 1. The molecule has 1 amide bonds. The lowest BCUT2D eigenvalue weighted by molar-refractivity contribution is -0.172. The Balaban J connectivity index is 1.63. The third-order valence-corrected chi connectivity index (χ3v) is 8.38. The topological polar surface area (TPSA) is 131 Å². The summed E-state index contributed by atoms with van der Waals surface area (Å²) >= 11 is 0. The highest BCUT2D eigenvalue weighted by atomic mass is 19.1. The molecule has 1 aliphatic carbocycles. The number of cyclic esters (lactones) is 1. The van der Waals surface area contributed by atoms with E-state index in [1.807, 2.05) is 0 Å². The van der Waals surface area contributed by atoms with E-state index in [1.165, 1.54) is 10.6 Å². The number of rotatable bonds is 4. The molecule has 0 spiro atoms. The van der Waals surface area contributed by atoms with Gasteiger partial charge in [0.15, 0.2) is 5.60 Å². The van der Waals surface area contributed by atoms with Crippen LogP contribution in [0.2, 0.25) is 0 Å². The first-order chi connectivity index (χ1) is 18.1. The summed E-state index contributed by atoms with van der Waals surface area (Å²) in [6.45, 7) is 4.99. The monoisotopic (exact) mass is 521 g/mol. The third kappa shape index (κ3) is 3.23. The molecule has 2 aromatic heterocycles. The highest BCUT2D eigenvalue weighted by molar-refractivity contribution is 5.94. The second-order valence-electron chi connectivity index (χ2n) is 10.3. The van der Waals surface area contributed by atoms with E-state index in [2.05, 4.69) is 5.32 Å². The van der Waals surface area contributed by atoms with Crippen molar-refractivity contribution in [3.05, 3.63) is 61.7 Å². The summed E-state index contributed by atoms with van der Waals surface area (Å²) in [7, 11) is 0. The fourth-order valence-electron chi connectivity index (χ4n) is 6.15. The number of pyridine rings is 2. The summed E-state index contributed by atoms with van der Waals surface area (Å²) in [5.41, 5.74) is 2.11. The number of aryl methyl sites for hydroxylation is 1. The summed E-state index contributed by atoms with van der Waals surface area (Å²) in [6, 6.07) is 2.50. The summed E-state index contributed by atoms with van der Waals surface area (Å²) in [5.74, 6) is -1.69. The number of carbonyl (C=O) groups is 2. The van der Waals surface area contributed by atoms with E-state index in [1.54, 1.807) is 26.8 Å². The van der Waals surface area contributed by atoms with E-state index in [9.17, 15) is 29.0 Å². The number of amides is 1. The van der Waals surface area contributed by atoms with Crippen molar-refractivity contribution in [1.29, 1.82) is 0 Å². The number of nitrogens with zero attached hydrogens (tertiary/aromatic N) is 2. The number of halogens is 1. The van der Waals surface area contributed by atoms with Crippen molar-refractivity contribution in [1.82, 2.24) is 14.9 Å². The van der Waals surface area contributed by atoms with Gasteiger partial charge in [-0.1, -0.05) is 13.8 Å². The molecule has 0 bridgehead atoms. The number of aliphatic hydroxyl groups is 2. The number of hydrogen-bond donors (Lipinski definition) is 3. The molecule has 6 rings (SSSR count). The second-order valence-corrected chi connectivity index (χ2v) is 10.3. The molecular weight excluding hydrogens is 493 g/mol. The first kappa shape index (κ1) is 24.7. The highest BCUT2D eigenvalue weighted by Gasteiger charge is 2.46. The molecule has 0 unspecified atom stereocenters. The van der Waals surface area contributed by atoms with Crippen LogP contribution in [0.3, 0.4) is 0 Å². The van der Waals surface area contributed by atoms with Gasteiger partial charge < -0.3 is 24.8 Å². The van der Waals surface area contributed by atoms with E-state index < -0.39 is 41.0 Å². The van der Waals surface area contributed by atoms with Crippen LogP contribution in [0.15, 0.2) is 16.9 Å². The Hall–Kier alpha value is -3.63. The summed E-state index contributed by atoms with van der Waals surface area (Å²) in [4.78, 5) is 43.6. The van der Waals surface area contributed by atoms with Crippen molar-refractivity contribution in [2.75, 3.05) is 0 Å². The Kier molecular flexibility index (Phi) is 5.48. The van der Waals surface area contributed by atoms with Crippen molar-refractivity contribution in [2.24, 2.45) is 0 Å². The molecule has 1 aromatic carbocycles. The van der Waals surface area contributed by atoms with E-state index in [-0.39, 0.29) is 37.1 Å². The Labute approximate surface area is 217 Å². The Morgan fingerprint density at radius 3 is 2.76 bits per heavy atom. The fraction of sp³-hybridized carbons (Fsp3) is 0.429. The lowest BCUT2D eigenvalue weighted by Gasteiger charge is -2.31. The van der Waals surface area contributed by atoms with E-state index in [0.717, 1.165) is 16.5 Å². The van der Waals surface area contributed by atoms with Crippen LogP contribution in [0.4, 0.5) is 4.39 Å². The van der Waals surface area contributed by atoms with Crippen LogP contribution in [-0.4, -0.2) is 37.7 Å². The largest absolute Gasteiger partial charge is 0.458 e. The van der Waals surface area contributed by atoms with Gasteiger partial charge in [0.05, 0.1) is 35.1 Å². The zero-order valence-electron chi connectivity index (χ0n) is 21.4. The smallest absolute Gasteiger partial charge is 0.343 e. The molecule has 3 N–H and O–H groups in total. The lowest BCUT2D eigenvalue weighted by atomic mass is 9.81. The minimum atomic E-state index is -1.96. The molecule has 10 heteroatoms. The van der Waals surface area contributed by atoms with Gasteiger partial charge in [0.1, 0.15) is 18.5 Å². The van der Waals surface area contributed by atoms with Crippen molar-refractivity contribution in [3.63, 3.8) is 0 Å². The zero-order chi connectivity index (χ0) is 27.1. The van der Waals surface area contributed by atoms with Crippen LogP contribution in [-0.2, 0) is 39.5 Å². The number of aromatic nitrogens is 2. The molecule has 2 aliphatic heterocycles. The van der Waals surface area contributed by atoms with Crippen molar-refractivity contribution in [2.45, 2.75) is 77.4 Å². The Morgan fingerprint density at radius 2 is 2.05 bits per heavy atom. The van der Waals surface area contributed by atoms with E-state index in [4.69, 9.17) is 9.72 Å². The number of nitrogens with one attached hydrogen (secondary N) is 1. The van der Waals surface area contributed by atoms with Crippen LogP contribution in [0.25, 0.3) is 22.3 Å². The molecule has 0 radical (unpaired) electrons. The van der Waals surface area contributed by atoms with Crippen molar-refractivity contribution < 1.29 is 28.9 Å². The molecule has 0 saturated heterocycles. The third-order valence-electron chi connectivity index (χ3n) is 8.38. The van der Waals surface area contributed by atoms with Crippen LogP contribution < -0.4 is 10.9 Å². The van der Waals surface area contributed by atoms with Crippen LogP contribution in [0.5, 0.6) is 0 Å². The summed E-state index contributed by atoms with van der Waals surface area (Å²) < 4.78 is 21.6. The van der Waals surface area contributed by atoms with Crippen LogP contribution in [0, 0.1) is 12.7 Å². The first-order valence-electron chi connectivity index (χ1n) is 12.9. The molecule has 4 heterocycles. The predicted molar refractivity (Wildman–Crippen MR) is 135 cm³/mol. The SMILES string of the molecule is CC[C@H](O)C(=O)N[C@H]1CCc2c(C)c(F)cc3nc4c(c1c23)Cn1c-4cc2c(c1=O)COC(=O)[C@]2(O)CC. The van der Waals surface area contributed by atoms with Gasteiger partial charge in [0, 0.05) is 22.6 Å². The number of fused-ring (bicyclic) bond motifs is 5. The Bertz CT molecular complexity index is 1630. The molecule has 38 heavy (non-hydrogen) atoms. The number of hydrogen-bond acceptors (Lipinski definition) is 7. The minimum Gasteiger partial charge on any atom is -0.458 e. The maximum absolute atomic E-state index is 15.0. The van der Waals surface area contributed by atoms with Gasteiger partial charge in [-0.25, -0.2) is 14.2 Å². The molecular formula is C28H28FN3O6. The molecule has 0 saturated carbocycles. The molecule has 0 fully saturated rings. The highest BCUT2D eigenvalue weighted by Crippen LogP contribution is 2.45. The van der Waals surface area contributed by atoms with Crippen LogP contribution >= 0.6 is 0 Å². The quantitative estimate of drug-likeness (QED) is 0.352. The van der Waals surface area contributed by atoms with Gasteiger partial charge >= 0.3 is 5.97 Å². The van der Waals surface area contributed by atoms with E-state index >= 15 is 0 Å². The summed E-state index contributed by atoms with van der Waals surface area (Å²) in [5, 5.41) is 25.0. The maximum atomic E-state index is 15.0. The van der Waals surface area contributed by atoms with Crippen molar-refractivity contribution >= 4 is 22.8 Å². The molecule has 9 nitrogen and oxygen atoms in total. The fourth-order valence-corrected chi connectivity index (χ4v) is 6.15. The maximum Gasteiger partial charge on any atom is 0.343 e. The minimum absolute atomic E-state index is 0.0205. The molecule has 198 valence electrons.